The molecule has 1 atom stereocenters. The summed E-state index contributed by atoms with van der Waals surface area (Å²) in [6.45, 7) is 13.5. The van der Waals surface area contributed by atoms with Gasteiger partial charge in [0.2, 0.25) is 8.32 Å². The summed E-state index contributed by atoms with van der Waals surface area (Å²) in [5.74, 6) is 0. The molecule has 3 nitrogen and oxygen atoms in total. The van der Waals surface area contributed by atoms with E-state index in [4.69, 9.17) is 8.85 Å². The molecule has 0 aromatic rings. The predicted molar refractivity (Wildman–Crippen MR) is 77.3 cm³/mol. The van der Waals surface area contributed by atoms with Crippen LogP contribution in [0.3, 0.4) is 0 Å². The molecule has 0 aliphatic rings. The van der Waals surface area contributed by atoms with Gasteiger partial charge in [-0.15, -0.1) is 0 Å². The fraction of sp³-hybridized carbons (Fsp3) is 1.00. The lowest BCUT2D eigenvalue weighted by Crippen LogP contribution is -2.50. The van der Waals surface area contributed by atoms with Crippen LogP contribution >= 0.6 is 0 Å². The van der Waals surface area contributed by atoms with E-state index in [2.05, 4.69) is 39.3 Å². The molecule has 16 heavy (non-hydrogen) atoms. The molecule has 0 heterocycles. The van der Waals surface area contributed by atoms with Gasteiger partial charge in [0.05, 0.1) is 14.3 Å². The number of rotatable bonds is 7. The van der Waals surface area contributed by atoms with Crippen molar-refractivity contribution in [2.45, 2.75) is 44.9 Å². The Morgan fingerprint density at radius 3 is 1.81 bits per heavy atom. The van der Waals surface area contributed by atoms with Gasteiger partial charge in [-0.25, -0.2) is 0 Å². The highest BCUT2D eigenvalue weighted by molar-refractivity contribution is 6.90. The van der Waals surface area contributed by atoms with Gasteiger partial charge in [0, 0.05) is 13.3 Å². The summed E-state index contributed by atoms with van der Waals surface area (Å²) in [6.07, 6.45) is 1.11. The Hall–Kier alpha value is 0.531. The van der Waals surface area contributed by atoms with E-state index in [1.54, 1.807) is 7.11 Å². The van der Waals surface area contributed by atoms with Crippen LogP contribution in [-0.2, 0) is 8.85 Å². The van der Waals surface area contributed by atoms with Crippen LogP contribution in [0.2, 0.25) is 44.9 Å². The van der Waals surface area contributed by atoms with Gasteiger partial charge in [0.25, 0.3) is 0 Å². The van der Waals surface area contributed by atoms with E-state index in [1.165, 1.54) is 0 Å². The number of hydrogen-bond acceptors (Lipinski definition) is 3. The lowest BCUT2D eigenvalue weighted by Gasteiger charge is -2.33. The average molecular weight is 281 g/mol. The average Bonchev–Trinajstić information content (AvgIpc) is 2.13. The maximum atomic E-state index is 9.39. The van der Waals surface area contributed by atoms with Gasteiger partial charge in [-0.05, 0) is 25.3 Å². The summed E-state index contributed by atoms with van der Waals surface area (Å²) in [7, 11) is -3.02. The first kappa shape index (κ1) is 16.5. The van der Waals surface area contributed by atoms with Gasteiger partial charge in [-0.3, -0.25) is 0 Å². The number of hydrogen-bond donors (Lipinski definition) is 1. The van der Waals surface area contributed by atoms with Crippen LogP contribution in [0.4, 0.5) is 0 Å². The third-order valence-corrected chi connectivity index (χ3v) is 12.8. The third-order valence-electron chi connectivity index (χ3n) is 2.52. The second kappa shape index (κ2) is 5.92. The molecule has 0 spiro atoms. The Bertz CT molecular complexity index is 210. The van der Waals surface area contributed by atoms with Crippen LogP contribution in [0.1, 0.15) is 0 Å². The van der Waals surface area contributed by atoms with Gasteiger partial charge in [-0.2, -0.15) is 0 Å². The minimum atomic E-state index is -1.92. The van der Waals surface area contributed by atoms with E-state index >= 15 is 0 Å². The van der Waals surface area contributed by atoms with Crippen LogP contribution in [0.15, 0.2) is 0 Å². The first-order valence-corrected chi connectivity index (χ1v) is 15.5. The monoisotopic (exact) mass is 280 g/mol. The molecule has 0 saturated carbocycles. The normalized spacial score (nSPS) is 17.2. The first-order chi connectivity index (χ1) is 7.04. The Morgan fingerprint density at radius 1 is 1.00 bits per heavy atom. The zero-order valence-corrected chi connectivity index (χ0v) is 14.9. The Kier molecular flexibility index (Phi) is 6.12. The van der Waals surface area contributed by atoms with Crippen LogP contribution in [0.25, 0.3) is 0 Å². The standard InChI is InChI=1S/C10H28O3Si3/c1-12-16(7,8-11)10-15(5,6)13-9-14(2,3)4/h11H,8-10H2,1-7H3. The van der Waals surface area contributed by atoms with E-state index in [0.717, 1.165) is 11.9 Å². The zero-order valence-electron chi connectivity index (χ0n) is 11.9. The molecule has 0 aromatic carbocycles. The molecule has 0 aliphatic carbocycles. The summed E-state index contributed by atoms with van der Waals surface area (Å²) < 4.78 is 11.6. The second-order valence-corrected chi connectivity index (χ2v) is 20.9. The van der Waals surface area contributed by atoms with Gasteiger partial charge >= 0.3 is 0 Å². The fourth-order valence-corrected chi connectivity index (χ4v) is 13.6. The first-order valence-electron chi connectivity index (χ1n) is 5.84. The predicted octanol–water partition coefficient (Wildman–Crippen LogP) is 2.38. The molecule has 0 amide bonds. The lowest BCUT2D eigenvalue weighted by atomic mass is 11.6. The Labute approximate surface area is 103 Å². The molecule has 0 bridgehead atoms. The van der Waals surface area contributed by atoms with Gasteiger partial charge in [0.15, 0.2) is 8.32 Å². The second-order valence-electron chi connectivity index (χ2n) is 6.60. The molecular weight excluding hydrogens is 252 g/mol. The van der Waals surface area contributed by atoms with Gasteiger partial charge in [0.1, 0.15) is 0 Å². The molecule has 1 N–H and O–H groups in total. The molecular formula is C10H28O3Si3. The topological polar surface area (TPSA) is 38.7 Å². The van der Waals surface area contributed by atoms with Crippen molar-refractivity contribution in [1.82, 2.24) is 0 Å². The number of aliphatic hydroxyl groups is 1. The molecule has 1 unspecified atom stereocenters. The highest BCUT2D eigenvalue weighted by Gasteiger charge is 2.38. The van der Waals surface area contributed by atoms with E-state index in [-0.39, 0.29) is 6.23 Å². The Balaban J connectivity index is 4.34. The lowest BCUT2D eigenvalue weighted by molar-refractivity contribution is 0.300. The smallest absolute Gasteiger partial charge is 0.213 e. The zero-order chi connectivity index (χ0) is 13.0. The van der Waals surface area contributed by atoms with Crippen LogP contribution in [0, 0.1) is 0 Å². The van der Waals surface area contributed by atoms with E-state index in [9.17, 15) is 5.11 Å². The molecule has 6 heteroatoms. The van der Waals surface area contributed by atoms with Crippen molar-refractivity contribution in [1.29, 1.82) is 0 Å². The Morgan fingerprint density at radius 2 is 1.50 bits per heavy atom. The van der Waals surface area contributed by atoms with Gasteiger partial charge in [-0.1, -0.05) is 19.6 Å². The van der Waals surface area contributed by atoms with Crippen LogP contribution in [0.5, 0.6) is 0 Å². The maximum absolute atomic E-state index is 9.39. The van der Waals surface area contributed by atoms with Crippen LogP contribution in [-0.4, -0.2) is 49.4 Å². The van der Waals surface area contributed by atoms with E-state index < -0.39 is 24.7 Å². The van der Waals surface area contributed by atoms with Crippen molar-refractivity contribution in [2.24, 2.45) is 0 Å². The largest absolute Gasteiger partial charge is 0.421 e. The summed E-state index contributed by atoms with van der Waals surface area (Å²) in [5, 5.41) is 9.39. The minimum Gasteiger partial charge on any atom is -0.421 e. The van der Waals surface area contributed by atoms with E-state index in [0.29, 0.717) is 0 Å². The van der Waals surface area contributed by atoms with Crippen molar-refractivity contribution in [3.8, 4) is 0 Å². The summed E-state index contributed by atoms with van der Waals surface area (Å²) in [5.41, 5.74) is 0.970. The number of aliphatic hydroxyl groups excluding tert-OH is 1. The fourth-order valence-electron chi connectivity index (χ4n) is 1.56. The third kappa shape index (κ3) is 6.97. The summed E-state index contributed by atoms with van der Waals surface area (Å²) in [4.78, 5) is 0. The van der Waals surface area contributed by atoms with E-state index in [1.807, 2.05) is 0 Å². The molecule has 0 rings (SSSR count). The SMILES string of the molecule is CO[Si](C)(CO)C[Si](C)(C)OC[Si](C)(C)C. The molecule has 0 aromatic heterocycles. The molecule has 0 aliphatic heterocycles. The van der Waals surface area contributed by atoms with Gasteiger partial charge < -0.3 is 14.0 Å². The minimum absolute atomic E-state index is 0.191. The van der Waals surface area contributed by atoms with Crippen molar-refractivity contribution in [3.63, 3.8) is 0 Å². The maximum Gasteiger partial charge on any atom is 0.213 e. The van der Waals surface area contributed by atoms with Crippen molar-refractivity contribution in [3.05, 3.63) is 0 Å². The highest BCUT2D eigenvalue weighted by atomic mass is 28.4. The molecule has 0 radical (unpaired) electrons. The molecule has 98 valence electrons. The summed E-state index contributed by atoms with van der Waals surface area (Å²) >= 11 is 0. The van der Waals surface area contributed by atoms with Crippen molar-refractivity contribution < 1.29 is 14.0 Å². The highest BCUT2D eigenvalue weighted by Crippen LogP contribution is 2.22. The molecule has 0 fully saturated rings. The quantitative estimate of drug-likeness (QED) is 0.728. The summed E-state index contributed by atoms with van der Waals surface area (Å²) in [6, 6.07) is 0. The van der Waals surface area contributed by atoms with Crippen molar-refractivity contribution >= 4 is 24.7 Å². The molecule has 0 saturated heterocycles. The van der Waals surface area contributed by atoms with Crippen molar-refractivity contribution in [2.75, 3.05) is 19.6 Å². The van der Waals surface area contributed by atoms with Crippen LogP contribution < -0.4 is 0 Å².